The number of ether oxygens (including phenoxy) is 1. The first-order valence-electron chi connectivity index (χ1n) is 9.70. The molecular weight excluding hydrogens is 410 g/mol. The number of anilines is 1. The van der Waals surface area contributed by atoms with Crippen molar-refractivity contribution in [2.75, 3.05) is 44.3 Å². The van der Waals surface area contributed by atoms with E-state index < -0.39 is 0 Å². The maximum Gasteiger partial charge on any atom is 0.280 e. The molecule has 7 nitrogen and oxygen atoms in total. The van der Waals surface area contributed by atoms with Gasteiger partial charge in [-0.25, -0.2) is 4.98 Å². The molecule has 0 bridgehead atoms. The quantitative estimate of drug-likeness (QED) is 0.596. The van der Waals surface area contributed by atoms with Crippen LogP contribution in [0.15, 0.2) is 24.4 Å². The Kier molecular flexibility index (Phi) is 6.15. The van der Waals surface area contributed by atoms with Gasteiger partial charge in [-0.2, -0.15) is 5.10 Å². The number of thiazole rings is 1. The number of morpholine rings is 1. The van der Waals surface area contributed by atoms with Crippen LogP contribution in [0.25, 0.3) is 10.2 Å². The first kappa shape index (κ1) is 20.3. The molecule has 0 atom stereocenters. The fraction of sp³-hybridized carbons (Fsp3) is 0.450. The minimum absolute atomic E-state index is 0.125. The van der Waals surface area contributed by atoms with Gasteiger partial charge in [-0.05, 0) is 25.5 Å². The molecule has 0 radical (unpaired) electrons. The number of hydrogen-bond acceptors (Lipinski definition) is 6. The molecule has 2 aromatic heterocycles. The number of rotatable bonds is 6. The third-order valence-corrected chi connectivity index (χ3v) is 6.36. The van der Waals surface area contributed by atoms with Crippen LogP contribution in [0.4, 0.5) is 5.13 Å². The number of carbonyl (C=O) groups excluding carboxylic acids is 1. The minimum Gasteiger partial charge on any atom is -0.379 e. The molecule has 1 aromatic carbocycles. The summed E-state index contributed by atoms with van der Waals surface area (Å²) in [5, 5.41) is 5.63. The topological polar surface area (TPSA) is 63.5 Å². The Morgan fingerprint density at radius 1 is 1.34 bits per heavy atom. The maximum atomic E-state index is 13.4. The number of halogens is 1. The maximum absolute atomic E-state index is 13.4. The first-order valence-corrected chi connectivity index (χ1v) is 10.9. The van der Waals surface area contributed by atoms with Gasteiger partial charge < -0.3 is 4.74 Å². The van der Waals surface area contributed by atoms with Crippen molar-refractivity contribution in [1.82, 2.24) is 19.7 Å². The molecule has 1 amide bonds. The summed E-state index contributed by atoms with van der Waals surface area (Å²) in [6.45, 7) is 6.80. The summed E-state index contributed by atoms with van der Waals surface area (Å²) in [6.07, 6.45) is 2.70. The molecule has 3 heterocycles. The number of fused-ring (bicyclic) bond motifs is 1. The average Bonchev–Trinajstić information content (AvgIpc) is 3.29. The molecule has 1 fully saturated rings. The Bertz CT molecular complexity index is 1010. The van der Waals surface area contributed by atoms with Gasteiger partial charge in [0.25, 0.3) is 5.91 Å². The molecule has 9 heteroatoms. The van der Waals surface area contributed by atoms with Crippen molar-refractivity contribution < 1.29 is 9.53 Å². The largest absolute Gasteiger partial charge is 0.379 e. The summed E-state index contributed by atoms with van der Waals surface area (Å²) in [6, 6.07) is 5.70. The highest BCUT2D eigenvalue weighted by molar-refractivity contribution is 7.22. The van der Waals surface area contributed by atoms with Crippen molar-refractivity contribution in [3.8, 4) is 0 Å². The molecule has 0 N–H and O–H groups in total. The number of benzene rings is 1. The molecule has 29 heavy (non-hydrogen) atoms. The number of hydrogen-bond donors (Lipinski definition) is 0. The zero-order chi connectivity index (χ0) is 20.4. The van der Waals surface area contributed by atoms with Gasteiger partial charge in [0.15, 0.2) is 10.8 Å². The van der Waals surface area contributed by atoms with Crippen LogP contribution >= 0.6 is 22.9 Å². The predicted molar refractivity (Wildman–Crippen MR) is 116 cm³/mol. The molecule has 1 saturated heterocycles. The second-order valence-corrected chi connectivity index (χ2v) is 8.60. The summed E-state index contributed by atoms with van der Waals surface area (Å²) < 4.78 is 8.05. The lowest BCUT2D eigenvalue weighted by Crippen LogP contribution is -2.39. The standard InChI is InChI=1S/C20H24ClN5O2S/c1-14-13-24(2)23-17(14)19(27)26(8-4-7-25-9-11-28-12-10-25)20-22-18-15(21)5-3-6-16(18)29-20/h3,5-6,13H,4,7-12H2,1-2H3. The zero-order valence-electron chi connectivity index (χ0n) is 16.6. The van der Waals surface area contributed by atoms with Crippen molar-refractivity contribution in [3.05, 3.63) is 40.7 Å². The molecule has 1 aliphatic heterocycles. The highest BCUT2D eigenvalue weighted by Crippen LogP contribution is 2.33. The lowest BCUT2D eigenvalue weighted by molar-refractivity contribution is 0.0376. The average molecular weight is 434 g/mol. The van der Waals surface area contributed by atoms with Crippen LogP contribution in [0.1, 0.15) is 22.5 Å². The van der Waals surface area contributed by atoms with Gasteiger partial charge in [0.1, 0.15) is 5.52 Å². The molecular formula is C20H24ClN5O2S. The SMILES string of the molecule is Cc1cn(C)nc1C(=O)N(CCCN1CCOCC1)c1nc2c(Cl)cccc2s1. The van der Waals surface area contributed by atoms with E-state index in [1.165, 1.54) is 11.3 Å². The molecule has 154 valence electrons. The number of para-hydroxylation sites is 1. The Hall–Kier alpha value is -2.00. The van der Waals surface area contributed by atoms with Gasteiger partial charge in [0.2, 0.25) is 0 Å². The van der Waals surface area contributed by atoms with E-state index >= 15 is 0 Å². The van der Waals surface area contributed by atoms with E-state index in [0.29, 0.717) is 22.4 Å². The predicted octanol–water partition coefficient (Wildman–Crippen LogP) is 3.36. The van der Waals surface area contributed by atoms with E-state index in [2.05, 4.69) is 15.0 Å². The lowest BCUT2D eigenvalue weighted by atomic mass is 10.2. The monoisotopic (exact) mass is 433 g/mol. The smallest absolute Gasteiger partial charge is 0.280 e. The highest BCUT2D eigenvalue weighted by atomic mass is 35.5. The normalized spacial score (nSPS) is 15.1. The van der Waals surface area contributed by atoms with Crippen molar-refractivity contribution in [2.24, 2.45) is 7.05 Å². The van der Waals surface area contributed by atoms with Crippen LogP contribution in [0.3, 0.4) is 0 Å². The van der Waals surface area contributed by atoms with Crippen LogP contribution in [0.2, 0.25) is 5.02 Å². The molecule has 0 saturated carbocycles. The van der Waals surface area contributed by atoms with Crippen LogP contribution in [-0.2, 0) is 11.8 Å². The summed E-state index contributed by atoms with van der Waals surface area (Å²) in [4.78, 5) is 22.2. The highest BCUT2D eigenvalue weighted by Gasteiger charge is 2.25. The summed E-state index contributed by atoms with van der Waals surface area (Å²) in [5.74, 6) is -0.125. The van der Waals surface area contributed by atoms with E-state index in [4.69, 9.17) is 16.3 Å². The van der Waals surface area contributed by atoms with E-state index in [1.807, 2.05) is 38.4 Å². The number of carbonyl (C=O) groups is 1. The number of aromatic nitrogens is 3. The molecule has 0 unspecified atom stereocenters. The van der Waals surface area contributed by atoms with Crippen molar-refractivity contribution in [2.45, 2.75) is 13.3 Å². The van der Waals surface area contributed by atoms with Crippen molar-refractivity contribution in [1.29, 1.82) is 0 Å². The van der Waals surface area contributed by atoms with Crippen molar-refractivity contribution in [3.63, 3.8) is 0 Å². The summed E-state index contributed by atoms with van der Waals surface area (Å²) in [7, 11) is 1.82. The lowest BCUT2D eigenvalue weighted by Gasteiger charge is -2.27. The summed E-state index contributed by atoms with van der Waals surface area (Å²) >= 11 is 7.80. The van der Waals surface area contributed by atoms with E-state index in [9.17, 15) is 4.79 Å². The molecule has 3 aromatic rings. The third kappa shape index (κ3) is 4.45. The molecule has 0 aliphatic carbocycles. The Morgan fingerprint density at radius 3 is 2.83 bits per heavy atom. The van der Waals surface area contributed by atoms with E-state index in [0.717, 1.165) is 55.0 Å². The Morgan fingerprint density at radius 2 is 2.14 bits per heavy atom. The van der Waals surface area contributed by atoms with Gasteiger partial charge in [-0.15, -0.1) is 0 Å². The zero-order valence-corrected chi connectivity index (χ0v) is 18.2. The molecule has 1 aliphatic rings. The second-order valence-electron chi connectivity index (χ2n) is 7.18. The Labute approximate surface area is 178 Å². The van der Waals surface area contributed by atoms with Crippen LogP contribution in [0, 0.1) is 6.92 Å². The van der Waals surface area contributed by atoms with Gasteiger partial charge in [0.05, 0.1) is 22.9 Å². The Balaban J connectivity index is 1.59. The minimum atomic E-state index is -0.125. The van der Waals surface area contributed by atoms with Crippen LogP contribution in [-0.4, -0.2) is 65.0 Å². The fourth-order valence-electron chi connectivity index (χ4n) is 3.53. The van der Waals surface area contributed by atoms with Gasteiger partial charge >= 0.3 is 0 Å². The van der Waals surface area contributed by atoms with Crippen LogP contribution < -0.4 is 4.90 Å². The van der Waals surface area contributed by atoms with Crippen LogP contribution in [0.5, 0.6) is 0 Å². The fourth-order valence-corrected chi connectivity index (χ4v) is 4.82. The second kappa shape index (κ2) is 8.79. The van der Waals surface area contributed by atoms with Gasteiger partial charge in [-0.1, -0.05) is 29.0 Å². The van der Waals surface area contributed by atoms with E-state index in [-0.39, 0.29) is 5.91 Å². The van der Waals surface area contributed by atoms with E-state index in [1.54, 1.807) is 9.58 Å². The van der Waals surface area contributed by atoms with Crippen molar-refractivity contribution >= 4 is 44.2 Å². The number of amides is 1. The molecule has 0 spiro atoms. The number of aryl methyl sites for hydroxylation is 2. The first-order chi connectivity index (χ1) is 14.0. The van der Waals surface area contributed by atoms with Gasteiger partial charge in [-0.3, -0.25) is 19.3 Å². The molecule has 4 rings (SSSR count). The van der Waals surface area contributed by atoms with Gasteiger partial charge in [0, 0.05) is 45.0 Å². The number of nitrogens with zero attached hydrogens (tertiary/aromatic N) is 5. The third-order valence-electron chi connectivity index (χ3n) is 5.01. The summed E-state index contributed by atoms with van der Waals surface area (Å²) in [5.41, 5.74) is 2.05.